The quantitative estimate of drug-likeness (QED) is 0.0222. The molecule has 95 heavy (non-hydrogen) atoms. The maximum atomic E-state index is 13.1. The minimum Gasteiger partial charge on any atom is -0.462 e. The second-order valence-corrected chi connectivity index (χ2v) is 31.0. The fourth-order valence-electron chi connectivity index (χ4n) is 11.6. The number of carbonyl (C=O) groups is 4. The fourth-order valence-corrected chi connectivity index (χ4v) is 13.2. The highest BCUT2D eigenvalue weighted by atomic mass is 31.2. The van der Waals surface area contributed by atoms with Gasteiger partial charge >= 0.3 is 39.5 Å². The Morgan fingerprint density at radius 3 is 0.800 bits per heavy atom. The van der Waals surface area contributed by atoms with Gasteiger partial charge in [-0.1, -0.05) is 343 Å². The predicted octanol–water partition coefficient (Wildman–Crippen LogP) is 22.3. The number of phosphoric acid groups is 2. The zero-order valence-electron chi connectivity index (χ0n) is 62.0. The summed E-state index contributed by atoms with van der Waals surface area (Å²) >= 11 is 0. The molecule has 0 bridgehead atoms. The summed E-state index contributed by atoms with van der Waals surface area (Å²) in [4.78, 5) is 72.7. The van der Waals surface area contributed by atoms with Crippen molar-refractivity contribution in [2.75, 3.05) is 39.6 Å². The molecule has 0 aromatic carbocycles. The van der Waals surface area contributed by atoms with Crippen LogP contribution in [-0.2, 0) is 65.4 Å². The molecule has 0 aliphatic carbocycles. The van der Waals surface area contributed by atoms with Gasteiger partial charge in [0.05, 0.1) is 26.4 Å². The molecule has 3 N–H and O–H groups in total. The van der Waals surface area contributed by atoms with Crippen molar-refractivity contribution in [1.82, 2.24) is 0 Å². The van der Waals surface area contributed by atoms with Gasteiger partial charge in [-0.15, -0.1) is 0 Å². The van der Waals surface area contributed by atoms with Crippen LogP contribution in [0.25, 0.3) is 0 Å². The number of phosphoric ester groups is 2. The van der Waals surface area contributed by atoms with Crippen molar-refractivity contribution >= 4 is 39.5 Å². The van der Waals surface area contributed by atoms with Gasteiger partial charge in [-0.25, -0.2) is 9.13 Å². The number of unbranched alkanes of at least 4 members (excludes halogenated alkanes) is 44. The Morgan fingerprint density at radius 1 is 0.305 bits per heavy atom. The lowest BCUT2D eigenvalue weighted by Gasteiger charge is -2.21. The molecule has 0 aliphatic heterocycles. The molecule has 0 saturated carbocycles. The first-order chi connectivity index (χ1) is 45.9. The summed E-state index contributed by atoms with van der Waals surface area (Å²) in [5.74, 6) is -0.722. The molecule has 0 fully saturated rings. The summed E-state index contributed by atoms with van der Waals surface area (Å²) in [6.07, 6.45) is 55.8. The van der Waals surface area contributed by atoms with Crippen LogP contribution in [0.15, 0.2) is 0 Å². The van der Waals surface area contributed by atoms with Gasteiger partial charge in [0.1, 0.15) is 19.3 Å². The lowest BCUT2D eigenvalue weighted by molar-refractivity contribution is -0.161. The van der Waals surface area contributed by atoms with Crippen molar-refractivity contribution in [3.63, 3.8) is 0 Å². The molecule has 17 nitrogen and oxygen atoms in total. The van der Waals surface area contributed by atoms with E-state index in [1.54, 1.807) is 0 Å². The maximum Gasteiger partial charge on any atom is 0.472 e. The average Bonchev–Trinajstić information content (AvgIpc) is 1.70. The molecule has 0 aromatic heterocycles. The molecule has 6 atom stereocenters. The van der Waals surface area contributed by atoms with Crippen LogP contribution in [-0.4, -0.2) is 96.7 Å². The Kier molecular flexibility index (Phi) is 66.5. The first-order valence-corrected chi connectivity index (χ1v) is 42.5. The molecular weight excluding hydrogens is 1250 g/mol. The molecule has 0 rings (SSSR count). The standard InChI is InChI=1S/C76H148O17P2/c1-7-10-12-14-16-18-20-22-24-26-28-30-32-34-36-38-46-52-58-73(78)86-64-71(92-75(80)60-54-48-39-37-35-33-31-29-27-25-23-21-19-17-15-13-11-8-2)66-90-94(82,83)88-62-70(77)63-89-95(84,85)91-67-72(65-87-74(79)59-53-47-42-40-44-50-56-68(4)5)93-76(81)61-55-49-43-41-45-51-57-69(6)9-3/h68-72,77H,7-67H2,1-6H3,(H,82,83)(H,84,85)/t69?,70-,71-,72-/m1/s1. The molecule has 19 heteroatoms. The van der Waals surface area contributed by atoms with E-state index in [0.717, 1.165) is 102 Å². The van der Waals surface area contributed by atoms with Crippen molar-refractivity contribution < 1.29 is 80.2 Å². The highest BCUT2D eigenvalue weighted by Crippen LogP contribution is 2.45. The predicted molar refractivity (Wildman–Crippen MR) is 386 cm³/mol. The summed E-state index contributed by atoms with van der Waals surface area (Å²) in [6, 6.07) is 0. The van der Waals surface area contributed by atoms with Crippen molar-refractivity contribution in [1.29, 1.82) is 0 Å². The number of aliphatic hydroxyl groups is 1. The topological polar surface area (TPSA) is 237 Å². The number of hydrogen-bond donors (Lipinski definition) is 3. The molecule has 0 aromatic rings. The third-order valence-corrected chi connectivity index (χ3v) is 20.0. The van der Waals surface area contributed by atoms with Gasteiger partial charge < -0.3 is 33.8 Å². The van der Waals surface area contributed by atoms with E-state index in [-0.39, 0.29) is 25.7 Å². The average molecular weight is 1400 g/mol. The number of esters is 4. The van der Waals surface area contributed by atoms with E-state index >= 15 is 0 Å². The number of hydrogen-bond acceptors (Lipinski definition) is 15. The molecule has 0 spiro atoms. The largest absolute Gasteiger partial charge is 0.472 e. The first kappa shape index (κ1) is 93.1. The Bertz CT molecular complexity index is 1840. The zero-order valence-corrected chi connectivity index (χ0v) is 63.8. The summed E-state index contributed by atoms with van der Waals surface area (Å²) < 4.78 is 68.4. The molecule has 564 valence electrons. The van der Waals surface area contributed by atoms with E-state index in [9.17, 15) is 43.2 Å². The van der Waals surface area contributed by atoms with Crippen LogP contribution in [0.2, 0.25) is 0 Å². The maximum absolute atomic E-state index is 13.1. The second-order valence-electron chi connectivity index (χ2n) is 28.1. The summed E-state index contributed by atoms with van der Waals surface area (Å²) in [5, 5.41) is 10.6. The van der Waals surface area contributed by atoms with Crippen LogP contribution in [0.1, 0.15) is 395 Å². The van der Waals surface area contributed by atoms with Crippen LogP contribution < -0.4 is 0 Å². The Labute approximate surface area is 581 Å². The van der Waals surface area contributed by atoms with Gasteiger partial charge in [-0.2, -0.15) is 0 Å². The van der Waals surface area contributed by atoms with Crippen molar-refractivity contribution in [2.24, 2.45) is 11.8 Å². The van der Waals surface area contributed by atoms with E-state index in [0.29, 0.717) is 31.6 Å². The third kappa shape index (κ3) is 69.0. The molecule has 0 saturated heterocycles. The number of carbonyl (C=O) groups excluding carboxylic acids is 4. The molecular formula is C76H148O17P2. The van der Waals surface area contributed by atoms with E-state index < -0.39 is 97.5 Å². The second kappa shape index (κ2) is 67.9. The van der Waals surface area contributed by atoms with E-state index in [1.165, 1.54) is 205 Å². The Hall–Kier alpha value is -1.94. The van der Waals surface area contributed by atoms with E-state index in [2.05, 4.69) is 41.5 Å². The zero-order chi connectivity index (χ0) is 70.0. The van der Waals surface area contributed by atoms with Crippen molar-refractivity contribution in [2.45, 2.75) is 413 Å². The van der Waals surface area contributed by atoms with Gasteiger partial charge in [-0.3, -0.25) is 37.3 Å². The first-order valence-electron chi connectivity index (χ1n) is 39.5. The highest BCUT2D eigenvalue weighted by molar-refractivity contribution is 7.47. The van der Waals surface area contributed by atoms with Gasteiger partial charge in [0, 0.05) is 25.7 Å². The van der Waals surface area contributed by atoms with Gasteiger partial charge in [-0.05, 0) is 37.5 Å². The molecule has 0 heterocycles. The monoisotopic (exact) mass is 1400 g/mol. The molecule has 0 amide bonds. The van der Waals surface area contributed by atoms with Crippen LogP contribution in [0.3, 0.4) is 0 Å². The summed E-state index contributed by atoms with van der Waals surface area (Å²) in [6.45, 7) is 9.46. The summed E-state index contributed by atoms with van der Waals surface area (Å²) in [7, 11) is -9.91. The number of ether oxygens (including phenoxy) is 4. The Balaban J connectivity index is 5.20. The van der Waals surface area contributed by atoms with E-state index in [1.807, 2.05) is 0 Å². The summed E-state index contributed by atoms with van der Waals surface area (Å²) in [5.41, 5.74) is 0. The van der Waals surface area contributed by atoms with Crippen LogP contribution in [0, 0.1) is 11.8 Å². The number of rotatable bonds is 75. The fraction of sp³-hybridized carbons (Fsp3) is 0.947. The van der Waals surface area contributed by atoms with Gasteiger partial charge in [0.25, 0.3) is 0 Å². The van der Waals surface area contributed by atoms with Crippen molar-refractivity contribution in [3.8, 4) is 0 Å². The molecule has 0 aliphatic rings. The number of aliphatic hydroxyl groups excluding tert-OH is 1. The van der Waals surface area contributed by atoms with Crippen LogP contribution in [0.4, 0.5) is 0 Å². The lowest BCUT2D eigenvalue weighted by atomic mass is 10.00. The highest BCUT2D eigenvalue weighted by Gasteiger charge is 2.30. The van der Waals surface area contributed by atoms with Gasteiger partial charge in [0.2, 0.25) is 0 Å². The minimum atomic E-state index is -4.96. The van der Waals surface area contributed by atoms with Crippen LogP contribution in [0.5, 0.6) is 0 Å². The van der Waals surface area contributed by atoms with Crippen LogP contribution >= 0.6 is 15.6 Å². The normalized spacial score (nSPS) is 14.3. The molecule has 0 radical (unpaired) electrons. The minimum absolute atomic E-state index is 0.102. The Morgan fingerprint density at radius 2 is 0.537 bits per heavy atom. The lowest BCUT2D eigenvalue weighted by Crippen LogP contribution is -2.30. The van der Waals surface area contributed by atoms with Crippen molar-refractivity contribution in [3.05, 3.63) is 0 Å². The smallest absolute Gasteiger partial charge is 0.462 e. The molecule has 3 unspecified atom stereocenters. The van der Waals surface area contributed by atoms with Gasteiger partial charge in [0.15, 0.2) is 12.2 Å². The SMILES string of the molecule is CCCCCCCCCCCCCCCCCCCCC(=O)OC[C@H](COP(=O)(O)OC[C@@H](O)COP(=O)(O)OC[C@@H](COC(=O)CCCCCCCCC(C)C)OC(=O)CCCCCCCCC(C)CC)OC(=O)CCCCCCCCCCCCCCCCCCCC. The van der Waals surface area contributed by atoms with E-state index in [4.69, 9.17) is 37.0 Å². The third-order valence-electron chi connectivity index (χ3n) is 18.1.